The number of fused-ring (bicyclic) bond motifs is 1. The average Bonchev–Trinajstić information content (AvgIpc) is 2.64. The highest BCUT2D eigenvalue weighted by Crippen LogP contribution is 2.14. The monoisotopic (exact) mass is 207 g/mol. The van der Waals surface area contributed by atoms with Crippen molar-refractivity contribution in [1.29, 1.82) is 0 Å². The summed E-state index contributed by atoms with van der Waals surface area (Å²) in [6.45, 7) is 0.997. The molecule has 0 amide bonds. The van der Waals surface area contributed by atoms with Crippen molar-refractivity contribution in [1.82, 2.24) is 19.5 Å². The first kappa shape index (κ1) is 9.85. The van der Waals surface area contributed by atoms with Gasteiger partial charge in [-0.1, -0.05) is 0 Å². The summed E-state index contributed by atoms with van der Waals surface area (Å²) in [4.78, 5) is 12.1. The van der Waals surface area contributed by atoms with Crippen LogP contribution in [-0.4, -0.2) is 31.2 Å². The van der Waals surface area contributed by atoms with Crippen LogP contribution in [-0.2, 0) is 6.54 Å². The number of aliphatic hydroxyl groups is 1. The molecule has 0 aromatic carbocycles. The van der Waals surface area contributed by atoms with Gasteiger partial charge in [0.25, 0.3) is 0 Å². The molecule has 2 heterocycles. The van der Waals surface area contributed by atoms with Crippen LogP contribution >= 0.6 is 0 Å². The van der Waals surface area contributed by atoms with Crippen LogP contribution in [0, 0.1) is 0 Å². The zero-order valence-corrected chi connectivity index (χ0v) is 8.30. The van der Waals surface area contributed by atoms with Gasteiger partial charge in [-0.25, -0.2) is 15.0 Å². The maximum atomic E-state index is 8.68. The molecule has 2 aromatic rings. The number of rotatable bonds is 4. The van der Waals surface area contributed by atoms with E-state index in [0.29, 0.717) is 11.3 Å². The fourth-order valence-corrected chi connectivity index (χ4v) is 1.46. The predicted molar refractivity (Wildman–Crippen MR) is 56.1 cm³/mol. The number of aromatic nitrogens is 4. The Morgan fingerprint density at radius 3 is 2.93 bits per heavy atom. The number of aliphatic hydroxyl groups excluding tert-OH is 1. The van der Waals surface area contributed by atoms with Gasteiger partial charge in [-0.3, -0.25) is 0 Å². The van der Waals surface area contributed by atoms with Gasteiger partial charge in [-0.05, 0) is 12.8 Å². The fraction of sp³-hybridized carbons (Fsp3) is 0.444. The lowest BCUT2D eigenvalue weighted by Gasteiger charge is -2.01. The molecule has 6 nitrogen and oxygen atoms in total. The zero-order valence-electron chi connectivity index (χ0n) is 8.30. The normalized spacial score (nSPS) is 11.0. The van der Waals surface area contributed by atoms with E-state index in [1.165, 1.54) is 6.33 Å². The van der Waals surface area contributed by atoms with E-state index in [4.69, 9.17) is 10.8 Å². The van der Waals surface area contributed by atoms with Crippen LogP contribution in [0.1, 0.15) is 12.8 Å². The second kappa shape index (κ2) is 4.22. The van der Waals surface area contributed by atoms with Crippen LogP contribution in [0.4, 0.5) is 5.82 Å². The summed E-state index contributed by atoms with van der Waals surface area (Å²) in [5, 5.41) is 8.68. The number of nitrogen functional groups attached to an aromatic ring is 1. The van der Waals surface area contributed by atoms with E-state index in [-0.39, 0.29) is 6.61 Å². The van der Waals surface area contributed by atoms with Crippen LogP contribution in [0.3, 0.4) is 0 Å². The molecule has 0 fully saturated rings. The number of unbranched alkanes of at least 4 members (excludes halogenated alkanes) is 1. The lowest BCUT2D eigenvalue weighted by molar-refractivity contribution is 0.281. The molecule has 2 rings (SSSR count). The van der Waals surface area contributed by atoms with Crippen molar-refractivity contribution in [3.63, 3.8) is 0 Å². The topological polar surface area (TPSA) is 89.9 Å². The molecule has 0 unspecified atom stereocenters. The summed E-state index contributed by atoms with van der Waals surface area (Å²) in [5.74, 6) is 0.404. The molecule has 2 aromatic heterocycles. The van der Waals surface area contributed by atoms with Crippen molar-refractivity contribution in [3.05, 3.63) is 12.7 Å². The third-order valence-corrected chi connectivity index (χ3v) is 2.24. The fourth-order valence-electron chi connectivity index (χ4n) is 1.46. The first-order chi connectivity index (χ1) is 7.33. The smallest absolute Gasteiger partial charge is 0.165 e. The Kier molecular flexibility index (Phi) is 2.77. The van der Waals surface area contributed by atoms with E-state index in [0.717, 1.165) is 25.0 Å². The first-order valence-corrected chi connectivity index (χ1v) is 4.85. The maximum Gasteiger partial charge on any atom is 0.165 e. The Hall–Kier alpha value is -1.69. The van der Waals surface area contributed by atoms with Crippen molar-refractivity contribution < 1.29 is 5.11 Å². The molecule has 6 heteroatoms. The lowest BCUT2D eigenvalue weighted by Crippen LogP contribution is -2.00. The molecular formula is C9H13N5O. The van der Waals surface area contributed by atoms with Gasteiger partial charge < -0.3 is 15.4 Å². The lowest BCUT2D eigenvalue weighted by atomic mass is 10.3. The Morgan fingerprint density at radius 1 is 1.27 bits per heavy atom. The minimum absolute atomic E-state index is 0.212. The SMILES string of the molecule is Nc1ncnc2c1ncn2CCCCO. The number of hydrogen-bond donors (Lipinski definition) is 2. The summed E-state index contributed by atoms with van der Waals surface area (Å²) in [5.41, 5.74) is 7.05. The summed E-state index contributed by atoms with van der Waals surface area (Å²) >= 11 is 0. The molecule has 0 aliphatic carbocycles. The van der Waals surface area contributed by atoms with Crippen molar-refractivity contribution in [2.45, 2.75) is 19.4 Å². The molecule has 3 N–H and O–H groups in total. The quantitative estimate of drug-likeness (QED) is 0.698. The molecule has 0 radical (unpaired) electrons. The third-order valence-electron chi connectivity index (χ3n) is 2.24. The summed E-state index contributed by atoms with van der Waals surface area (Å²) < 4.78 is 1.92. The van der Waals surface area contributed by atoms with E-state index in [2.05, 4.69) is 15.0 Å². The maximum absolute atomic E-state index is 8.68. The average molecular weight is 207 g/mol. The molecule has 0 saturated heterocycles. The molecule has 0 spiro atoms. The number of anilines is 1. The minimum atomic E-state index is 0.212. The zero-order chi connectivity index (χ0) is 10.7. The summed E-state index contributed by atoms with van der Waals surface area (Å²) in [6.07, 6.45) is 4.81. The molecule has 0 atom stereocenters. The van der Waals surface area contributed by atoms with Gasteiger partial charge in [0, 0.05) is 13.2 Å². The third kappa shape index (κ3) is 1.89. The minimum Gasteiger partial charge on any atom is -0.396 e. The largest absolute Gasteiger partial charge is 0.396 e. The Labute approximate surface area is 86.8 Å². The highest BCUT2D eigenvalue weighted by atomic mass is 16.2. The van der Waals surface area contributed by atoms with Crippen molar-refractivity contribution in [2.24, 2.45) is 0 Å². The molecule has 0 aliphatic heterocycles. The highest BCUT2D eigenvalue weighted by Gasteiger charge is 2.06. The van der Waals surface area contributed by atoms with Crippen molar-refractivity contribution in [2.75, 3.05) is 12.3 Å². The number of aryl methyl sites for hydroxylation is 1. The second-order valence-corrected chi connectivity index (χ2v) is 3.30. The van der Waals surface area contributed by atoms with Gasteiger partial charge in [-0.2, -0.15) is 0 Å². The molecule has 0 saturated carbocycles. The van der Waals surface area contributed by atoms with Gasteiger partial charge in [0.1, 0.15) is 11.8 Å². The molecule has 0 aliphatic rings. The van der Waals surface area contributed by atoms with Gasteiger partial charge >= 0.3 is 0 Å². The van der Waals surface area contributed by atoms with E-state index < -0.39 is 0 Å². The Morgan fingerprint density at radius 2 is 2.13 bits per heavy atom. The molecule has 0 bridgehead atoms. The highest BCUT2D eigenvalue weighted by molar-refractivity contribution is 5.80. The summed E-state index contributed by atoms with van der Waals surface area (Å²) in [6, 6.07) is 0. The molecule has 15 heavy (non-hydrogen) atoms. The number of hydrogen-bond acceptors (Lipinski definition) is 5. The van der Waals surface area contributed by atoms with Crippen molar-refractivity contribution >= 4 is 17.0 Å². The second-order valence-electron chi connectivity index (χ2n) is 3.30. The molecule has 80 valence electrons. The Bertz CT molecular complexity index is 453. The Balaban J connectivity index is 2.25. The first-order valence-electron chi connectivity index (χ1n) is 4.85. The van der Waals surface area contributed by atoms with E-state index in [1.807, 2.05) is 4.57 Å². The van der Waals surface area contributed by atoms with Gasteiger partial charge in [0.15, 0.2) is 11.5 Å². The standard InChI is InChI=1S/C9H13N5O/c10-8-7-9(12-5-11-8)14(6-13-7)3-1-2-4-15/h5-6,15H,1-4H2,(H2,10,11,12). The summed E-state index contributed by atoms with van der Waals surface area (Å²) in [7, 11) is 0. The van der Waals surface area contributed by atoms with Crippen LogP contribution in [0.2, 0.25) is 0 Å². The van der Waals surface area contributed by atoms with Crippen LogP contribution in [0.25, 0.3) is 11.2 Å². The van der Waals surface area contributed by atoms with Gasteiger partial charge in [0.05, 0.1) is 6.33 Å². The van der Waals surface area contributed by atoms with Gasteiger partial charge in [0.2, 0.25) is 0 Å². The van der Waals surface area contributed by atoms with E-state index in [9.17, 15) is 0 Å². The van der Waals surface area contributed by atoms with Gasteiger partial charge in [-0.15, -0.1) is 0 Å². The number of imidazole rings is 1. The van der Waals surface area contributed by atoms with Crippen LogP contribution < -0.4 is 5.73 Å². The number of nitrogens with two attached hydrogens (primary N) is 1. The van der Waals surface area contributed by atoms with E-state index >= 15 is 0 Å². The van der Waals surface area contributed by atoms with Crippen LogP contribution in [0.5, 0.6) is 0 Å². The molecular weight excluding hydrogens is 194 g/mol. The van der Waals surface area contributed by atoms with Crippen molar-refractivity contribution in [3.8, 4) is 0 Å². The van der Waals surface area contributed by atoms with E-state index in [1.54, 1.807) is 6.33 Å². The van der Waals surface area contributed by atoms with Crippen LogP contribution in [0.15, 0.2) is 12.7 Å². The predicted octanol–water partition coefficient (Wildman–Crippen LogP) is 0.181. The number of nitrogens with zero attached hydrogens (tertiary/aromatic N) is 4.